The summed E-state index contributed by atoms with van der Waals surface area (Å²) >= 11 is 0. The number of imidazole rings is 1. The maximum atomic E-state index is 13.7. The predicted octanol–water partition coefficient (Wildman–Crippen LogP) is 2.95. The summed E-state index contributed by atoms with van der Waals surface area (Å²) < 4.78 is 15.5. The maximum Gasteiger partial charge on any atom is 0.273 e. The number of nitrogens with zero attached hydrogens (tertiary/aromatic N) is 3. The first-order valence-corrected chi connectivity index (χ1v) is 8.10. The number of nitrogens with one attached hydrogen (secondary N) is 2. The lowest BCUT2D eigenvalue weighted by molar-refractivity contribution is 0.0937. The second-order valence-corrected chi connectivity index (χ2v) is 5.98. The van der Waals surface area contributed by atoms with Gasteiger partial charge in [0.25, 0.3) is 5.91 Å². The van der Waals surface area contributed by atoms with Crippen LogP contribution in [0, 0.1) is 5.82 Å². The summed E-state index contributed by atoms with van der Waals surface area (Å²) in [5.74, 6) is -0.135. The normalized spacial score (nSPS) is 12.2. The topological polar surface area (TPSA) is 75.6 Å². The first kappa shape index (κ1) is 16.0. The van der Waals surface area contributed by atoms with Crippen molar-refractivity contribution in [3.8, 4) is 0 Å². The summed E-state index contributed by atoms with van der Waals surface area (Å²) in [6, 6.07) is 12.9. The maximum absolute atomic E-state index is 13.7. The molecule has 26 heavy (non-hydrogen) atoms. The predicted molar refractivity (Wildman–Crippen MR) is 95.0 cm³/mol. The van der Waals surface area contributed by atoms with Crippen LogP contribution in [0.1, 0.15) is 27.9 Å². The molecule has 0 aliphatic heterocycles. The number of carbonyl (C=O) groups is 1. The molecule has 6 nitrogen and oxygen atoms in total. The van der Waals surface area contributed by atoms with E-state index < -0.39 is 6.04 Å². The second-order valence-electron chi connectivity index (χ2n) is 5.98. The molecule has 0 aliphatic rings. The number of benzene rings is 2. The molecule has 1 amide bonds. The van der Waals surface area contributed by atoms with Crippen molar-refractivity contribution in [3.63, 3.8) is 0 Å². The lowest BCUT2D eigenvalue weighted by Crippen LogP contribution is -2.31. The summed E-state index contributed by atoms with van der Waals surface area (Å²) in [7, 11) is 1.82. The Morgan fingerprint density at radius 2 is 2.08 bits per heavy atom. The van der Waals surface area contributed by atoms with Crippen LogP contribution in [0.2, 0.25) is 0 Å². The van der Waals surface area contributed by atoms with Crippen LogP contribution in [0.5, 0.6) is 0 Å². The van der Waals surface area contributed by atoms with E-state index >= 15 is 0 Å². The molecule has 2 aromatic heterocycles. The molecule has 2 heterocycles. The van der Waals surface area contributed by atoms with Crippen LogP contribution in [0.4, 0.5) is 4.39 Å². The van der Waals surface area contributed by atoms with E-state index in [1.165, 1.54) is 12.1 Å². The van der Waals surface area contributed by atoms with Crippen LogP contribution in [-0.2, 0) is 7.05 Å². The van der Waals surface area contributed by atoms with Gasteiger partial charge in [-0.1, -0.05) is 30.3 Å². The van der Waals surface area contributed by atoms with E-state index in [0.29, 0.717) is 11.4 Å². The Hall–Kier alpha value is -3.48. The van der Waals surface area contributed by atoms with Gasteiger partial charge in [0.1, 0.15) is 17.7 Å². The Balaban J connectivity index is 1.73. The quantitative estimate of drug-likeness (QED) is 0.595. The van der Waals surface area contributed by atoms with Gasteiger partial charge in [0.15, 0.2) is 5.69 Å². The van der Waals surface area contributed by atoms with Crippen molar-refractivity contribution >= 4 is 16.8 Å². The average molecular weight is 349 g/mol. The summed E-state index contributed by atoms with van der Waals surface area (Å²) in [6.07, 6.45) is 3.41. The van der Waals surface area contributed by atoms with Crippen molar-refractivity contribution in [2.45, 2.75) is 6.04 Å². The van der Waals surface area contributed by atoms with E-state index in [-0.39, 0.29) is 17.4 Å². The third-order valence-corrected chi connectivity index (χ3v) is 4.26. The van der Waals surface area contributed by atoms with E-state index in [1.54, 1.807) is 29.1 Å². The van der Waals surface area contributed by atoms with Gasteiger partial charge < -0.3 is 9.88 Å². The van der Waals surface area contributed by atoms with Crippen molar-refractivity contribution < 1.29 is 9.18 Å². The molecule has 1 atom stereocenters. The molecule has 0 radical (unpaired) electrons. The minimum atomic E-state index is -0.603. The van der Waals surface area contributed by atoms with Gasteiger partial charge in [-0.2, -0.15) is 5.10 Å². The van der Waals surface area contributed by atoms with E-state index in [2.05, 4.69) is 20.5 Å². The van der Waals surface area contributed by atoms with Crippen LogP contribution < -0.4 is 5.32 Å². The molecule has 4 rings (SSSR count). The fourth-order valence-corrected chi connectivity index (χ4v) is 2.97. The number of aromatic nitrogens is 4. The number of aromatic amines is 1. The van der Waals surface area contributed by atoms with E-state index in [9.17, 15) is 9.18 Å². The molecular weight excluding hydrogens is 333 g/mol. The van der Waals surface area contributed by atoms with Gasteiger partial charge in [-0.15, -0.1) is 0 Å². The third-order valence-electron chi connectivity index (χ3n) is 4.26. The van der Waals surface area contributed by atoms with Gasteiger partial charge in [-0.3, -0.25) is 9.89 Å². The highest BCUT2D eigenvalue weighted by molar-refractivity contribution is 6.04. The third kappa shape index (κ3) is 2.83. The molecular formula is C19H16FN5O. The monoisotopic (exact) mass is 349 g/mol. The molecule has 1 unspecified atom stereocenters. The Morgan fingerprint density at radius 1 is 1.23 bits per heavy atom. The molecule has 0 saturated carbocycles. The van der Waals surface area contributed by atoms with Gasteiger partial charge in [0, 0.05) is 24.8 Å². The fourth-order valence-electron chi connectivity index (χ4n) is 2.97. The summed E-state index contributed by atoms with van der Waals surface area (Å²) in [5.41, 5.74) is 1.67. The first-order chi connectivity index (χ1) is 12.6. The number of H-pyrrole nitrogens is 1. The number of hydrogen-bond donors (Lipinski definition) is 2. The molecule has 0 saturated heterocycles. The molecule has 0 aliphatic carbocycles. The summed E-state index contributed by atoms with van der Waals surface area (Å²) in [5, 5.41) is 10.6. The number of halogens is 1. The zero-order valence-electron chi connectivity index (χ0n) is 14.0. The van der Waals surface area contributed by atoms with Crippen molar-refractivity contribution in [2.24, 2.45) is 7.05 Å². The standard InChI is InChI=1S/C19H16FN5O/c1-25-10-9-21-18(25)16(12-5-4-6-13(20)11-12)22-19(26)17-14-7-2-3-8-15(14)23-24-17/h2-11,16H,1H3,(H,22,26)(H,23,24). The smallest absolute Gasteiger partial charge is 0.273 e. The number of para-hydroxylation sites is 1. The minimum absolute atomic E-state index is 0.288. The fraction of sp³-hybridized carbons (Fsp3) is 0.105. The highest BCUT2D eigenvalue weighted by Crippen LogP contribution is 2.23. The Bertz CT molecular complexity index is 1080. The van der Waals surface area contributed by atoms with Crippen molar-refractivity contribution in [2.75, 3.05) is 0 Å². The highest BCUT2D eigenvalue weighted by Gasteiger charge is 2.24. The Kier molecular flexibility index (Phi) is 3.96. The van der Waals surface area contributed by atoms with Crippen LogP contribution in [-0.4, -0.2) is 25.7 Å². The van der Waals surface area contributed by atoms with Crippen LogP contribution in [0.15, 0.2) is 60.9 Å². The molecule has 0 spiro atoms. The number of amides is 1. The van der Waals surface area contributed by atoms with E-state index in [4.69, 9.17) is 0 Å². The molecule has 0 bridgehead atoms. The van der Waals surface area contributed by atoms with Gasteiger partial charge in [0.05, 0.1) is 5.52 Å². The molecule has 0 fully saturated rings. The van der Waals surface area contributed by atoms with Crippen molar-refractivity contribution in [1.29, 1.82) is 0 Å². The molecule has 4 aromatic rings. The van der Waals surface area contributed by atoms with E-state index in [1.807, 2.05) is 31.3 Å². The minimum Gasteiger partial charge on any atom is -0.337 e. The molecule has 2 aromatic carbocycles. The number of hydrogen-bond acceptors (Lipinski definition) is 3. The molecule has 130 valence electrons. The van der Waals surface area contributed by atoms with Gasteiger partial charge in [-0.05, 0) is 23.8 Å². The van der Waals surface area contributed by atoms with Gasteiger partial charge >= 0.3 is 0 Å². The van der Waals surface area contributed by atoms with E-state index in [0.717, 1.165) is 10.9 Å². The number of rotatable bonds is 4. The number of carbonyl (C=O) groups excluding carboxylic acids is 1. The molecule has 7 heteroatoms. The lowest BCUT2D eigenvalue weighted by atomic mass is 10.1. The summed E-state index contributed by atoms with van der Waals surface area (Å²) in [6.45, 7) is 0. The van der Waals surface area contributed by atoms with Crippen molar-refractivity contribution in [1.82, 2.24) is 25.1 Å². The second kappa shape index (κ2) is 6.44. The highest BCUT2D eigenvalue weighted by atomic mass is 19.1. The van der Waals surface area contributed by atoms with Gasteiger partial charge in [0.2, 0.25) is 0 Å². The first-order valence-electron chi connectivity index (χ1n) is 8.10. The molecule has 2 N–H and O–H groups in total. The Labute approximate surface area is 148 Å². The van der Waals surface area contributed by atoms with Crippen LogP contribution in [0.3, 0.4) is 0 Å². The lowest BCUT2D eigenvalue weighted by Gasteiger charge is -2.19. The zero-order chi connectivity index (χ0) is 18.1. The van der Waals surface area contributed by atoms with Crippen LogP contribution >= 0.6 is 0 Å². The largest absolute Gasteiger partial charge is 0.337 e. The van der Waals surface area contributed by atoms with Gasteiger partial charge in [-0.25, -0.2) is 9.37 Å². The SMILES string of the molecule is Cn1ccnc1C(NC(=O)c1n[nH]c2ccccc12)c1cccc(F)c1. The summed E-state index contributed by atoms with van der Waals surface area (Å²) in [4.78, 5) is 17.2. The Morgan fingerprint density at radius 3 is 2.85 bits per heavy atom. The van der Waals surface area contributed by atoms with Crippen molar-refractivity contribution in [3.05, 3.63) is 83.8 Å². The van der Waals surface area contributed by atoms with Crippen LogP contribution in [0.25, 0.3) is 10.9 Å². The number of fused-ring (bicyclic) bond motifs is 1. The average Bonchev–Trinajstić information content (AvgIpc) is 3.26. The zero-order valence-corrected chi connectivity index (χ0v) is 14.0. The number of aryl methyl sites for hydroxylation is 1.